The van der Waals surface area contributed by atoms with Gasteiger partial charge in [0, 0.05) is 18.8 Å². The first-order valence-corrected chi connectivity index (χ1v) is 5.23. The molecule has 0 N–H and O–H groups in total. The highest BCUT2D eigenvalue weighted by atomic mass is 16.1. The molecule has 78 valence electrons. The molecule has 1 nitrogen and oxygen atoms in total. The third-order valence-electron chi connectivity index (χ3n) is 2.46. The number of carbonyl (C=O) groups excluding carboxylic acids is 1. The number of benzene rings is 1. The molecule has 0 aliphatic carbocycles. The SMILES string of the molecule is CC#CCCC(=O)C(C)c1ccccc1. The predicted molar refractivity (Wildman–Crippen MR) is 62.5 cm³/mol. The van der Waals surface area contributed by atoms with Gasteiger partial charge in [0.1, 0.15) is 5.78 Å². The van der Waals surface area contributed by atoms with E-state index in [2.05, 4.69) is 11.8 Å². The van der Waals surface area contributed by atoms with Gasteiger partial charge in [-0.05, 0) is 12.5 Å². The summed E-state index contributed by atoms with van der Waals surface area (Å²) in [5.41, 5.74) is 1.09. The second kappa shape index (κ2) is 6.03. The monoisotopic (exact) mass is 200 g/mol. The zero-order valence-corrected chi connectivity index (χ0v) is 9.29. The van der Waals surface area contributed by atoms with Crippen LogP contribution in [0.25, 0.3) is 0 Å². The molecule has 1 heteroatoms. The first-order chi connectivity index (χ1) is 7.25. The van der Waals surface area contributed by atoms with E-state index in [9.17, 15) is 4.79 Å². The molecule has 0 radical (unpaired) electrons. The Hall–Kier alpha value is -1.55. The van der Waals surface area contributed by atoms with E-state index < -0.39 is 0 Å². The van der Waals surface area contributed by atoms with Gasteiger partial charge in [-0.1, -0.05) is 37.3 Å². The standard InChI is InChI=1S/C14H16O/c1-3-4-6-11-14(15)12(2)13-9-7-5-8-10-13/h5,7-10,12H,6,11H2,1-2H3. The molecule has 1 aromatic rings. The third-order valence-corrected chi connectivity index (χ3v) is 2.46. The van der Waals surface area contributed by atoms with Gasteiger partial charge in [0.15, 0.2) is 0 Å². The summed E-state index contributed by atoms with van der Waals surface area (Å²) in [5.74, 6) is 5.97. The first kappa shape index (κ1) is 11.5. The molecule has 0 saturated carbocycles. The summed E-state index contributed by atoms with van der Waals surface area (Å²) in [5, 5.41) is 0. The number of rotatable bonds is 4. The smallest absolute Gasteiger partial charge is 0.141 e. The van der Waals surface area contributed by atoms with Crippen molar-refractivity contribution in [2.24, 2.45) is 0 Å². The van der Waals surface area contributed by atoms with Gasteiger partial charge in [-0.25, -0.2) is 0 Å². The van der Waals surface area contributed by atoms with E-state index in [0.29, 0.717) is 12.8 Å². The summed E-state index contributed by atoms with van der Waals surface area (Å²) in [6.07, 6.45) is 1.23. The molecule has 15 heavy (non-hydrogen) atoms. The Morgan fingerprint density at radius 1 is 1.33 bits per heavy atom. The molecule has 0 amide bonds. The van der Waals surface area contributed by atoms with Crippen molar-refractivity contribution in [2.45, 2.75) is 32.6 Å². The summed E-state index contributed by atoms with van der Waals surface area (Å²) in [6, 6.07) is 9.88. The summed E-state index contributed by atoms with van der Waals surface area (Å²) < 4.78 is 0. The van der Waals surface area contributed by atoms with Gasteiger partial charge in [0.2, 0.25) is 0 Å². The van der Waals surface area contributed by atoms with Crippen LogP contribution in [-0.2, 0) is 4.79 Å². The molecule has 0 spiro atoms. The van der Waals surface area contributed by atoms with E-state index in [4.69, 9.17) is 0 Å². The molecule has 0 aromatic heterocycles. The minimum absolute atomic E-state index is 0.00939. The van der Waals surface area contributed by atoms with Gasteiger partial charge in [-0.3, -0.25) is 4.79 Å². The van der Waals surface area contributed by atoms with Crippen LogP contribution in [0.15, 0.2) is 30.3 Å². The van der Waals surface area contributed by atoms with Gasteiger partial charge in [0.05, 0.1) is 0 Å². The van der Waals surface area contributed by atoms with Crippen molar-refractivity contribution < 1.29 is 4.79 Å². The Bertz CT molecular complexity index is 367. The summed E-state index contributed by atoms with van der Waals surface area (Å²) in [7, 11) is 0. The Kier molecular flexibility index (Phi) is 4.63. The molecule has 0 saturated heterocycles. The Morgan fingerprint density at radius 2 is 2.00 bits per heavy atom. The maximum atomic E-state index is 11.8. The summed E-state index contributed by atoms with van der Waals surface area (Å²) in [4.78, 5) is 11.8. The van der Waals surface area contributed by atoms with Gasteiger partial charge in [0.25, 0.3) is 0 Å². The van der Waals surface area contributed by atoms with E-state index >= 15 is 0 Å². The van der Waals surface area contributed by atoms with Gasteiger partial charge < -0.3 is 0 Å². The molecular weight excluding hydrogens is 184 g/mol. The van der Waals surface area contributed by atoms with Crippen LogP contribution in [0, 0.1) is 11.8 Å². The highest BCUT2D eigenvalue weighted by molar-refractivity contribution is 5.85. The molecule has 0 aliphatic heterocycles. The number of hydrogen-bond acceptors (Lipinski definition) is 1. The second-order valence-electron chi connectivity index (χ2n) is 3.53. The molecule has 1 atom stereocenters. The van der Waals surface area contributed by atoms with Crippen LogP contribution in [0.3, 0.4) is 0 Å². The molecule has 1 unspecified atom stereocenters. The highest BCUT2D eigenvalue weighted by Crippen LogP contribution is 2.17. The fourth-order valence-electron chi connectivity index (χ4n) is 1.45. The van der Waals surface area contributed by atoms with E-state index in [-0.39, 0.29) is 11.7 Å². The minimum Gasteiger partial charge on any atom is -0.299 e. The van der Waals surface area contributed by atoms with Crippen LogP contribution >= 0.6 is 0 Å². The van der Waals surface area contributed by atoms with Gasteiger partial charge >= 0.3 is 0 Å². The van der Waals surface area contributed by atoms with Crippen molar-refractivity contribution in [3.05, 3.63) is 35.9 Å². The maximum Gasteiger partial charge on any atom is 0.141 e. The number of ketones is 1. The summed E-state index contributed by atoms with van der Waals surface area (Å²) in [6.45, 7) is 3.75. The van der Waals surface area contributed by atoms with E-state index in [1.54, 1.807) is 6.92 Å². The number of Topliss-reactive ketones (excluding diaryl/α,β-unsaturated/α-hetero) is 1. The van der Waals surface area contributed by atoms with Crippen molar-refractivity contribution >= 4 is 5.78 Å². The molecule has 0 aliphatic rings. The quantitative estimate of drug-likeness (QED) is 0.682. The Morgan fingerprint density at radius 3 is 2.60 bits per heavy atom. The van der Waals surface area contributed by atoms with Crippen molar-refractivity contribution in [3.8, 4) is 11.8 Å². The normalized spacial score (nSPS) is 11.3. The van der Waals surface area contributed by atoms with E-state index in [1.807, 2.05) is 37.3 Å². The van der Waals surface area contributed by atoms with Crippen LogP contribution < -0.4 is 0 Å². The maximum absolute atomic E-state index is 11.8. The zero-order valence-electron chi connectivity index (χ0n) is 9.29. The lowest BCUT2D eigenvalue weighted by Gasteiger charge is -2.09. The average molecular weight is 200 g/mol. The molecule has 0 bridgehead atoms. The van der Waals surface area contributed by atoms with Crippen molar-refractivity contribution in [2.75, 3.05) is 0 Å². The Balaban J connectivity index is 2.56. The molecule has 0 heterocycles. The summed E-state index contributed by atoms with van der Waals surface area (Å²) >= 11 is 0. The predicted octanol–water partition coefficient (Wildman–Crippen LogP) is 3.16. The second-order valence-corrected chi connectivity index (χ2v) is 3.53. The lowest BCUT2D eigenvalue weighted by Crippen LogP contribution is -2.08. The fraction of sp³-hybridized carbons (Fsp3) is 0.357. The van der Waals surface area contributed by atoms with Crippen LogP contribution in [-0.4, -0.2) is 5.78 Å². The van der Waals surface area contributed by atoms with Gasteiger partial charge in [-0.15, -0.1) is 11.8 Å². The van der Waals surface area contributed by atoms with E-state index in [1.165, 1.54) is 0 Å². The molecule has 1 rings (SSSR count). The topological polar surface area (TPSA) is 17.1 Å². The molecular formula is C14H16O. The highest BCUT2D eigenvalue weighted by Gasteiger charge is 2.13. The first-order valence-electron chi connectivity index (χ1n) is 5.23. The minimum atomic E-state index is -0.00939. The third kappa shape index (κ3) is 3.59. The van der Waals surface area contributed by atoms with Crippen LogP contribution in [0.2, 0.25) is 0 Å². The average Bonchev–Trinajstić information content (AvgIpc) is 2.29. The zero-order chi connectivity index (χ0) is 11.1. The number of carbonyl (C=O) groups is 1. The van der Waals surface area contributed by atoms with Crippen LogP contribution in [0.1, 0.15) is 38.2 Å². The largest absolute Gasteiger partial charge is 0.299 e. The molecule has 1 aromatic carbocycles. The molecule has 0 fully saturated rings. The Labute approximate surface area is 91.5 Å². The van der Waals surface area contributed by atoms with Crippen LogP contribution in [0.5, 0.6) is 0 Å². The lowest BCUT2D eigenvalue weighted by atomic mass is 9.94. The lowest BCUT2D eigenvalue weighted by molar-refractivity contribution is -0.120. The van der Waals surface area contributed by atoms with Gasteiger partial charge in [-0.2, -0.15) is 0 Å². The van der Waals surface area contributed by atoms with Crippen molar-refractivity contribution in [3.63, 3.8) is 0 Å². The van der Waals surface area contributed by atoms with Crippen LogP contribution in [0.4, 0.5) is 0 Å². The van der Waals surface area contributed by atoms with Crippen molar-refractivity contribution in [1.82, 2.24) is 0 Å². The number of hydrogen-bond donors (Lipinski definition) is 0. The van der Waals surface area contributed by atoms with E-state index in [0.717, 1.165) is 5.56 Å². The fourth-order valence-corrected chi connectivity index (χ4v) is 1.45. The van der Waals surface area contributed by atoms with Crippen molar-refractivity contribution in [1.29, 1.82) is 0 Å².